The Morgan fingerprint density at radius 1 is 1.21 bits per heavy atom. The molecule has 1 amide bonds. The number of aliphatic hydroxyl groups is 1. The number of hydrogen-bond donors (Lipinski definition) is 1. The van der Waals surface area contributed by atoms with Gasteiger partial charge in [0.15, 0.2) is 0 Å². The minimum Gasteiger partial charge on any atom is -0.507 e. The molecule has 1 aromatic carbocycles. The zero-order chi connectivity index (χ0) is 20.5. The van der Waals surface area contributed by atoms with E-state index in [1.54, 1.807) is 43.3 Å². The highest BCUT2D eigenvalue weighted by atomic mass is 32.1. The average molecular weight is 409 g/mol. The summed E-state index contributed by atoms with van der Waals surface area (Å²) in [7, 11) is 1.52. The molecule has 1 aliphatic rings. The number of nitrogens with zero attached hydrogens (tertiary/aromatic N) is 1. The van der Waals surface area contributed by atoms with E-state index in [1.165, 1.54) is 23.3 Å². The number of likely N-dealkylation sites (tertiary alicyclic amines) is 1. The number of methoxy groups -OCH3 is 1. The molecule has 1 unspecified atom stereocenters. The number of carbonyl (C=O) groups excluding carboxylic acids is 2. The maximum atomic E-state index is 12.9. The van der Waals surface area contributed by atoms with Crippen molar-refractivity contribution in [3.63, 3.8) is 0 Å². The predicted octanol–water partition coefficient (Wildman–Crippen LogP) is 4.28. The van der Waals surface area contributed by atoms with E-state index in [-0.39, 0.29) is 17.9 Å². The second kappa shape index (κ2) is 7.60. The summed E-state index contributed by atoms with van der Waals surface area (Å²) in [4.78, 5) is 28.2. The third kappa shape index (κ3) is 3.45. The molecule has 1 N–H and O–H groups in total. The van der Waals surface area contributed by atoms with E-state index in [0.29, 0.717) is 22.8 Å². The zero-order valence-corrected chi connectivity index (χ0v) is 16.7. The van der Waals surface area contributed by atoms with Gasteiger partial charge in [-0.2, -0.15) is 0 Å². The predicted molar refractivity (Wildman–Crippen MR) is 109 cm³/mol. The molecular formula is C22H19NO5S. The van der Waals surface area contributed by atoms with Gasteiger partial charge in [-0.25, -0.2) is 0 Å². The van der Waals surface area contributed by atoms with Crippen LogP contribution in [0.5, 0.6) is 5.75 Å². The van der Waals surface area contributed by atoms with Crippen molar-refractivity contribution in [2.45, 2.75) is 19.5 Å². The van der Waals surface area contributed by atoms with Gasteiger partial charge in [-0.15, -0.1) is 11.3 Å². The van der Waals surface area contributed by atoms with Gasteiger partial charge in [-0.1, -0.05) is 18.2 Å². The quantitative estimate of drug-likeness (QED) is 0.387. The molecule has 7 heteroatoms. The molecule has 29 heavy (non-hydrogen) atoms. The van der Waals surface area contributed by atoms with Crippen LogP contribution in [-0.4, -0.2) is 28.8 Å². The first kappa shape index (κ1) is 19.0. The third-order valence-electron chi connectivity index (χ3n) is 4.82. The number of ketones is 1. The van der Waals surface area contributed by atoms with E-state index in [4.69, 9.17) is 9.15 Å². The molecule has 0 spiro atoms. The van der Waals surface area contributed by atoms with Crippen LogP contribution in [0.2, 0.25) is 0 Å². The molecule has 2 aromatic heterocycles. The minimum absolute atomic E-state index is 0.00848. The fraction of sp³-hybridized carbons (Fsp3) is 0.182. The van der Waals surface area contributed by atoms with Crippen molar-refractivity contribution in [2.24, 2.45) is 0 Å². The monoisotopic (exact) mass is 409 g/mol. The molecule has 1 atom stereocenters. The Kier molecular flexibility index (Phi) is 4.98. The van der Waals surface area contributed by atoms with E-state index < -0.39 is 17.7 Å². The number of hydrogen-bond acceptors (Lipinski definition) is 6. The molecule has 1 aliphatic heterocycles. The topological polar surface area (TPSA) is 80.0 Å². The first-order valence-corrected chi connectivity index (χ1v) is 9.89. The number of furan rings is 1. The summed E-state index contributed by atoms with van der Waals surface area (Å²) in [5.74, 6) is -0.0316. The average Bonchev–Trinajstić information content (AvgIpc) is 3.45. The lowest BCUT2D eigenvalue weighted by Crippen LogP contribution is -2.28. The van der Waals surface area contributed by atoms with Crippen molar-refractivity contribution in [2.75, 3.05) is 7.11 Å². The molecule has 0 saturated carbocycles. The number of Topliss-reactive ketones (excluding diaryl/α,β-unsaturated/α-hetero) is 1. The second-order valence-electron chi connectivity index (χ2n) is 6.69. The Bertz CT molecular complexity index is 1100. The first-order valence-electron chi connectivity index (χ1n) is 9.01. The van der Waals surface area contributed by atoms with Gasteiger partial charge in [-0.3, -0.25) is 9.59 Å². The van der Waals surface area contributed by atoms with Gasteiger partial charge < -0.3 is 19.2 Å². The summed E-state index contributed by atoms with van der Waals surface area (Å²) < 4.78 is 11.0. The summed E-state index contributed by atoms with van der Waals surface area (Å²) in [6.45, 7) is 2.04. The van der Waals surface area contributed by atoms with E-state index in [9.17, 15) is 14.7 Å². The molecule has 3 aromatic rings. The van der Waals surface area contributed by atoms with E-state index in [0.717, 1.165) is 4.88 Å². The summed E-state index contributed by atoms with van der Waals surface area (Å²) in [6, 6.07) is 13.2. The Hall–Kier alpha value is -3.32. The third-order valence-corrected chi connectivity index (χ3v) is 5.68. The molecular weight excluding hydrogens is 390 g/mol. The molecule has 1 fully saturated rings. The molecule has 4 rings (SSSR count). The number of ether oxygens (including phenoxy) is 1. The van der Waals surface area contributed by atoms with E-state index >= 15 is 0 Å². The summed E-state index contributed by atoms with van der Waals surface area (Å²) in [5.41, 5.74) is 0.404. The zero-order valence-electron chi connectivity index (χ0n) is 15.9. The van der Waals surface area contributed by atoms with Gasteiger partial charge in [0, 0.05) is 10.4 Å². The Labute approximate surface area is 171 Å². The van der Waals surface area contributed by atoms with Crippen LogP contribution in [0.1, 0.15) is 28.0 Å². The number of amides is 1. The molecule has 1 saturated heterocycles. The van der Waals surface area contributed by atoms with Crippen LogP contribution < -0.4 is 4.74 Å². The number of benzene rings is 1. The lowest BCUT2D eigenvalue weighted by molar-refractivity contribution is -0.140. The number of carbonyl (C=O) groups is 2. The molecule has 3 heterocycles. The molecule has 0 radical (unpaired) electrons. The van der Waals surface area contributed by atoms with Crippen molar-refractivity contribution < 1.29 is 23.8 Å². The number of aryl methyl sites for hydroxylation is 1. The maximum absolute atomic E-state index is 12.9. The second-order valence-corrected chi connectivity index (χ2v) is 7.72. The standard InChI is InChI=1S/C22H19NO5S/c1-13-8-9-17(28-13)19-18(20(24)14-5-3-6-15(11-14)27-2)21(25)22(26)23(19)12-16-7-4-10-29-16/h3-11,19,24H,12H2,1-2H3/b20-18-. The summed E-state index contributed by atoms with van der Waals surface area (Å²) in [6.07, 6.45) is 0. The van der Waals surface area contributed by atoms with Crippen molar-refractivity contribution in [1.29, 1.82) is 0 Å². The molecule has 148 valence electrons. The van der Waals surface area contributed by atoms with Crippen molar-refractivity contribution in [3.05, 3.63) is 81.4 Å². The molecule has 6 nitrogen and oxygen atoms in total. The number of aliphatic hydroxyl groups excluding tert-OH is 1. The van der Waals surface area contributed by atoms with Crippen LogP contribution in [0, 0.1) is 6.92 Å². The van der Waals surface area contributed by atoms with E-state index in [2.05, 4.69) is 0 Å². The van der Waals surface area contributed by atoms with Crippen LogP contribution in [0.15, 0.2) is 63.9 Å². The van der Waals surface area contributed by atoms with Crippen LogP contribution in [0.25, 0.3) is 5.76 Å². The van der Waals surface area contributed by atoms with Gasteiger partial charge >= 0.3 is 0 Å². The fourth-order valence-corrected chi connectivity index (χ4v) is 4.14. The summed E-state index contributed by atoms with van der Waals surface area (Å²) in [5, 5.41) is 12.9. The smallest absolute Gasteiger partial charge is 0.296 e. The van der Waals surface area contributed by atoms with Gasteiger partial charge in [0.1, 0.15) is 29.1 Å². The van der Waals surface area contributed by atoms with Crippen LogP contribution >= 0.6 is 11.3 Å². The lowest BCUT2D eigenvalue weighted by atomic mass is 9.99. The normalized spacial score (nSPS) is 18.4. The highest BCUT2D eigenvalue weighted by Gasteiger charge is 2.47. The van der Waals surface area contributed by atoms with Crippen LogP contribution in [0.3, 0.4) is 0 Å². The van der Waals surface area contributed by atoms with Crippen molar-refractivity contribution in [1.82, 2.24) is 4.90 Å². The van der Waals surface area contributed by atoms with Crippen molar-refractivity contribution in [3.8, 4) is 5.75 Å². The van der Waals surface area contributed by atoms with Gasteiger partial charge in [0.25, 0.3) is 11.7 Å². The van der Waals surface area contributed by atoms with E-state index in [1.807, 2.05) is 17.5 Å². The highest BCUT2D eigenvalue weighted by Crippen LogP contribution is 2.41. The molecule has 0 bridgehead atoms. The van der Waals surface area contributed by atoms with Gasteiger partial charge in [0.2, 0.25) is 0 Å². The van der Waals surface area contributed by atoms with Crippen molar-refractivity contribution >= 4 is 28.8 Å². The SMILES string of the molecule is COc1cccc(/C(O)=C2/C(=O)C(=O)N(Cc3cccs3)C2c2ccc(C)o2)c1. The Morgan fingerprint density at radius 3 is 2.69 bits per heavy atom. The largest absolute Gasteiger partial charge is 0.507 e. The lowest BCUT2D eigenvalue weighted by Gasteiger charge is -2.22. The minimum atomic E-state index is -0.808. The Balaban J connectivity index is 1.86. The van der Waals surface area contributed by atoms with Crippen LogP contribution in [-0.2, 0) is 16.1 Å². The van der Waals surface area contributed by atoms with Crippen LogP contribution in [0.4, 0.5) is 0 Å². The first-order chi connectivity index (χ1) is 14.0. The summed E-state index contributed by atoms with van der Waals surface area (Å²) >= 11 is 1.50. The van der Waals surface area contributed by atoms with Gasteiger partial charge in [0.05, 0.1) is 19.2 Å². The Morgan fingerprint density at radius 2 is 2.03 bits per heavy atom. The highest BCUT2D eigenvalue weighted by molar-refractivity contribution is 7.09. The fourth-order valence-electron chi connectivity index (χ4n) is 3.44. The maximum Gasteiger partial charge on any atom is 0.296 e. The number of thiophene rings is 1. The molecule has 0 aliphatic carbocycles. The van der Waals surface area contributed by atoms with Gasteiger partial charge in [-0.05, 0) is 42.6 Å². The number of rotatable bonds is 5.